The summed E-state index contributed by atoms with van der Waals surface area (Å²) in [5, 5.41) is 19.8. The maximum absolute atomic E-state index is 13.1. The second-order valence-electron chi connectivity index (χ2n) is 9.70. The zero-order valence-electron chi connectivity index (χ0n) is 21.0. The van der Waals surface area contributed by atoms with Crippen molar-refractivity contribution < 1.29 is 17.6 Å². The van der Waals surface area contributed by atoms with Gasteiger partial charge in [0.15, 0.2) is 19.3 Å². The molecule has 10 heteroatoms. The molecule has 0 aliphatic rings. The summed E-state index contributed by atoms with van der Waals surface area (Å²) in [7, 11) is -2.26. The van der Waals surface area contributed by atoms with E-state index in [4.69, 9.17) is 10.2 Å². The van der Waals surface area contributed by atoms with Gasteiger partial charge in [0.2, 0.25) is 0 Å². The summed E-state index contributed by atoms with van der Waals surface area (Å²) in [6, 6.07) is 8.21. The largest absolute Gasteiger partial charge is 0.444 e. The molecule has 0 aliphatic heterocycles. The Hall–Kier alpha value is -3.63. The summed E-state index contributed by atoms with van der Waals surface area (Å²) in [6.07, 6.45) is -3.01. The van der Waals surface area contributed by atoms with Crippen LogP contribution >= 0.6 is 0 Å². The first kappa shape index (κ1) is 27.0. The normalized spacial score (nSPS) is 12.3. The van der Waals surface area contributed by atoms with Crippen molar-refractivity contribution in [2.24, 2.45) is 0 Å². The second-order valence-corrected chi connectivity index (χ2v) is 15.5. The van der Waals surface area contributed by atoms with Crippen molar-refractivity contribution in [3.05, 3.63) is 47.2 Å². The first-order chi connectivity index (χ1) is 16.8. The van der Waals surface area contributed by atoms with Gasteiger partial charge >= 0.3 is 6.18 Å². The number of hydrogen-bond acceptors (Lipinski definition) is 6. The van der Waals surface area contributed by atoms with Gasteiger partial charge in [0.1, 0.15) is 29.2 Å². The second kappa shape index (κ2) is 9.79. The highest BCUT2D eigenvalue weighted by molar-refractivity contribution is 6.93. The number of nitrogens with zero attached hydrogens (tertiary/aromatic N) is 4. The van der Waals surface area contributed by atoms with Gasteiger partial charge in [-0.3, -0.25) is 0 Å². The summed E-state index contributed by atoms with van der Waals surface area (Å²) < 4.78 is 45.5. The number of halogens is 3. The number of rotatable bonds is 6. The highest BCUT2D eigenvalue weighted by Crippen LogP contribution is 2.42. The van der Waals surface area contributed by atoms with E-state index < -0.39 is 19.8 Å². The molecule has 0 radical (unpaired) electrons. The standard InChI is InChI=1S/C26H28F3N5OSi/c1-14(2)36(15(3)4,16(5)6)25-33-13-21(35-25)23-19(11-30)22(20(12-31)24(32)34-23)17-7-9-18(10-8-17)26(27,28)29/h7-10,13-16H,1-6H3,(H2,32,34). The topological polar surface area (TPSA) is 113 Å². The lowest BCUT2D eigenvalue weighted by Crippen LogP contribution is -2.56. The van der Waals surface area contributed by atoms with E-state index in [9.17, 15) is 23.7 Å². The molecule has 0 saturated carbocycles. The van der Waals surface area contributed by atoms with Crippen molar-refractivity contribution in [2.75, 3.05) is 5.73 Å². The fraction of sp³-hybridized carbons (Fsp3) is 0.385. The summed E-state index contributed by atoms with van der Waals surface area (Å²) in [5.41, 5.74) is 7.18. The van der Waals surface area contributed by atoms with Crippen LogP contribution in [0.4, 0.5) is 19.0 Å². The molecular weight excluding hydrogens is 483 g/mol. The van der Waals surface area contributed by atoms with E-state index in [1.54, 1.807) is 0 Å². The number of nitrogens with two attached hydrogens (primary N) is 1. The summed E-state index contributed by atoms with van der Waals surface area (Å²) in [4.78, 5) is 8.92. The third-order valence-corrected chi connectivity index (χ3v) is 13.6. The molecule has 0 atom stereocenters. The molecule has 2 heterocycles. The molecule has 0 unspecified atom stereocenters. The number of benzene rings is 1. The van der Waals surface area contributed by atoms with Gasteiger partial charge in [-0.25, -0.2) is 9.97 Å². The lowest BCUT2D eigenvalue weighted by molar-refractivity contribution is -0.137. The highest BCUT2D eigenvalue weighted by Gasteiger charge is 2.49. The Labute approximate surface area is 209 Å². The average Bonchev–Trinajstić information content (AvgIpc) is 3.27. The minimum absolute atomic E-state index is 0.0193. The molecule has 0 saturated heterocycles. The Balaban J connectivity index is 2.28. The molecular formula is C26H28F3N5OSi. The first-order valence-electron chi connectivity index (χ1n) is 11.6. The van der Waals surface area contributed by atoms with Crippen molar-refractivity contribution in [3.8, 4) is 34.7 Å². The maximum atomic E-state index is 13.1. The molecule has 188 valence electrons. The quantitative estimate of drug-likeness (QED) is 0.372. The summed E-state index contributed by atoms with van der Waals surface area (Å²) in [5.74, 6) is 0.0733. The van der Waals surface area contributed by atoms with Gasteiger partial charge in [-0.2, -0.15) is 23.7 Å². The first-order valence-corrected chi connectivity index (χ1v) is 13.8. The fourth-order valence-corrected chi connectivity index (χ4v) is 11.5. The van der Waals surface area contributed by atoms with E-state index in [0.29, 0.717) is 22.1 Å². The van der Waals surface area contributed by atoms with Crippen LogP contribution in [0.25, 0.3) is 22.6 Å². The van der Waals surface area contributed by atoms with E-state index in [1.165, 1.54) is 18.3 Å². The van der Waals surface area contributed by atoms with E-state index in [1.807, 2.05) is 6.07 Å². The fourth-order valence-electron chi connectivity index (χ4n) is 5.44. The van der Waals surface area contributed by atoms with Crippen molar-refractivity contribution in [1.29, 1.82) is 10.5 Å². The molecule has 6 nitrogen and oxygen atoms in total. The number of nitriles is 2. The third kappa shape index (κ3) is 4.38. The van der Waals surface area contributed by atoms with Crippen molar-refractivity contribution in [2.45, 2.75) is 64.3 Å². The lowest BCUT2D eigenvalue weighted by Gasteiger charge is -2.39. The molecule has 2 aromatic heterocycles. The summed E-state index contributed by atoms with van der Waals surface area (Å²) >= 11 is 0. The van der Waals surface area contributed by atoms with E-state index in [2.05, 4.69) is 57.6 Å². The van der Waals surface area contributed by atoms with Crippen LogP contribution in [-0.4, -0.2) is 18.0 Å². The zero-order valence-corrected chi connectivity index (χ0v) is 22.0. The highest BCUT2D eigenvalue weighted by atomic mass is 28.3. The molecule has 2 N–H and O–H groups in total. The minimum atomic E-state index is -4.52. The van der Waals surface area contributed by atoms with Crippen molar-refractivity contribution in [3.63, 3.8) is 0 Å². The smallest absolute Gasteiger partial charge is 0.416 e. The number of hydrogen-bond donors (Lipinski definition) is 1. The Morgan fingerprint density at radius 1 is 0.917 bits per heavy atom. The van der Waals surface area contributed by atoms with Crippen LogP contribution in [0.2, 0.25) is 16.6 Å². The monoisotopic (exact) mass is 511 g/mol. The number of anilines is 1. The van der Waals surface area contributed by atoms with Crippen LogP contribution in [0.1, 0.15) is 58.2 Å². The molecule has 0 aliphatic carbocycles. The lowest BCUT2D eigenvalue weighted by atomic mass is 9.93. The van der Waals surface area contributed by atoms with Gasteiger partial charge < -0.3 is 10.2 Å². The predicted molar refractivity (Wildman–Crippen MR) is 135 cm³/mol. The van der Waals surface area contributed by atoms with Crippen LogP contribution in [0.3, 0.4) is 0 Å². The van der Waals surface area contributed by atoms with Gasteiger partial charge in [0.05, 0.1) is 17.3 Å². The van der Waals surface area contributed by atoms with Gasteiger partial charge in [-0.15, -0.1) is 0 Å². The van der Waals surface area contributed by atoms with Gasteiger partial charge in [0, 0.05) is 5.56 Å². The zero-order chi connectivity index (χ0) is 27.0. The van der Waals surface area contributed by atoms with Crippen molar-refractivity contribution in [1.82, 2.24) is 9.97 Å². The minimum Gasteiger partial charge on any atom is -0.444 e. The van der Waals surface area contributed by atoms with Crippen molar-refractivity contribution >= 4 is 19.4 Å². The van der Waals surface area contributed by atoms with Crippen LogP contribution < -0.4 is 11.2 Å². The number of pyridine rings is 1. The van der Waals surface area contributed by atoms with Gasteiger partial charge in [0.25, 0.3) is 0 Å². The van der Waals surface area contributed by atoms with E-state index in [-0.39, 0.29) is 39.5 Å². The molecule has 36 heavy (non-hydrogen) atoms. The SMILES string of the molecule is CC(C)[Si](c1ncc(-c2nc(N)c(C#N)c(-c3ccc(C(F)(F)F)cc3)c2C#N)o1)(C(C)C)C(C)C. The van der Waals surface area contributed by atoms with Crippen LogP contribution in [0.5, 0.6) is 0 Å². The molecule has 0 amide bonds. The van der Waals surface area contributed by atoms with E-state index in [0.717, 1.165) is 12.1 Å². The molecule has 0 spiro atoms. The summed E-state index contributed by atoms with van der Waals surface area (Å²) in [6.45, 7) is 13.0. The Morgan fingerprint density at radius 2 is 1.44 bits per heavy atom. The van der Waals surface area contributed by atoms with E-state index >= 15 is 0 Å². The number of oxazole rings is 1. The average molecular weight is 512 g/mol. The molecule has 0 bridgehead atoms. The predicted octanol–water partition coefficient (Wildman–Crippen LogP) is 6.63. The Kier molecular flexibility index (Phi) is 7.33. The van der Waals surface area contributed by atoms with Gasteiger partial charge in [-0.1, -0.05) is 53.7 Å². The number of alkyl halides is 3. The maximum Gasteiger partial charge on any atom is 0.416 e. The third-order valence-electron chi connectivity index (χ3n) is 6.93. The van der Waals surface area contributed by atoms with Crippen LogP contribution in [0.15, 0.2) is 34.9 Å². The van der Waals surface area contributed by atoms with Crippen LogP contribution in [-0.2, 0) is 6.18 Å². The molecule has 0 fully saturated rings. The molecule has 3 aromatic rings. The Morgan fingerprint density at radius 3 is 1.89 bits per heavy atom. The van der Waals surface area contributed by atoms with Crippen LogP contribution in [0, 0.1) is 22.7 Å². The molecule has 1 aromatic carbocycles. The Bertz CT molecular complexity index is 1320. The number of nitrogen functional groups attached to an aromatic ring is 1. The number of aromatic nitrogens is 2. The molecule has 3 rings (SSSR count). The van der Waals surface area contributed by atoms with Gasteiger partial charge in [-0.05, 0) is 34.3 Å².